The van der Waals surface area contributed by atoms with E-state index in [1.165, 1.54) is 12.8 Å². The molecular formula is C20H23BrN2O2. The maximum absolute atomic E-state index is 12.2. The Hall–Kier alpha value is -1.69. The molecule has 3 rings (SSSR count). The van der Waals surface area contributed by atoms with Crippen LogP contribution in [0.3, 0.4) is 0 Å². The van der Waals surface area contributed by atoms with Crippen molar-refractivity contribution >= 4 is 21.8 Å². The minimum absolute atomic E-state index is 0.00121. The lowest BCUT2D eigenvalue weighted by molar-refractivity contribution is 0.0937. The molecule has 1 saturated carbocycles. The normalized spacial score (nSPS) is 15.9. The molecular weight excluding hydrogens is 380 g/mol. The van der Waals surface area contributed by atoms with Gasteiger partial charge in [-0.2, -0.15) is 0 Å². The molecule has 1 unspecified atom stereocenters. The van der Waals surface area contributed by atoms with Gasteiger partial charge in [-0.15, -0.1) is 0 Å². The van der Waals surface area contributed by atoms with Crippen molar-refractivity contribution in [2.45, 2.75) is 44.5 Å². The van der Waals surface area contributed by atoms with Crippen molar-refractivity contribution in [3.05, 3.63) is 69.7 Å². The van der Waals surface area contributed by atoms with Crippen LogP contribution in [-0.2, 0) is 6.54 Å². The summed E-state index contributed by atoms with van der Waals surface area (Å²) in [5.74, 6) is 0.00121. The largest absolute Gasteiger partial charge is 0.374 e. The van der Waals surface area contributed by atoms with Crippen molar-refractivity contribution in [3.8, 4) is 0 Å². The molecule has 0 bridgehead atoms. The average Bonchev–Trinajstić information content (AvgIpc) is 3.13. The van der Waals surface area contributed by atoms with E-state index in [9.17, 15) is 9.90 Å². The number of carbonyl (C=O) groups excluding carboxylic acids is 1. The van der Waals surface area contributed by atoms with E-state index in [1.54, 1.807) is 0 Å². The third-order valence-corrected chi connectivity index (χ3v) is 5.12. The Bertz CT molecular complexity index is 695. The minimum atomic E-state index is -0.724. The van der Waals surface area contributed by atoms with Gasteiger partial charge >= 0.3 is 0 Å². The number of rotatable bonds is 6. The van der Waals surface area contributed by atoms with E-state index in [-0.39, 0.29) is 5.91 Å². The van der Waals surface area contributed by atoms with E-state index in [2.05, 4.69) is 26.6 Å². The van der Waals surface area contributed by atoms with E-state index in [0.717, 1.165) is 28.4 Å². The van der Waals surface area contributed by atoms with Crippen molar-refractivity contribution in [2.24, 2.45) is 0 Å². The predicted octanol–water partition coefficient (Wildman–Crippen LogP) is 3.90. The van der Waals surface area contributed by atoms with Gasteiger partial charge in [0.2, 0.25) is 0 Å². The molecule has 0 radical (unpaired) electrons. The average molecular weight is 403 g/mol. The first kappa shape index (κ1) is 18.1. The summed E-state index contributed by atoms with van der Waals surface area (Å²) in [4.78, 5) is 12.2. The maximum Gasteiger partial charge on any atom is 0.251 e. The standard InChI is InChI=1S/C20H23BrN2O2/c21-17-11-9-15(10-12-17)19(24)22-13-14-5-7-16(8-6-14)20(25)23-18-3-1-2-4-18/h5-12,18-19,22,24H,1-4,13H2,(H,23,25). The van der Waals surface area contributed by atoms with Crippen LogP contribution in [0.15, 0.2) is 53.0 Å². The third-order valence-electron chi connectivity index (χ3n) is 4.59. The second-order valence-corrected chi connectivity index (χ2v) is 7.40. The van der Waals surface area contributed by atoms with E-state index in [0.29, 0.717) is 18.2 Å². The highest BCUT2D eigenvalue weighted by molar-refractivity contribution is 9.10. The molecule has 1 aliphatic carbocycles. The fraction of sp³-hybridized carbons (Fsp3) is 0.350. The Labute approximate surface area is 156 Å². The van der Waals surface area contributed by atoms with Crippen LogP contribution in [-0.4, -0.2) is 17.1 Å². The summed E-state index contributed by atoms with van der Waals surface area (Å²) in [5, 5.41) is 16.4. The Morgan fingerprint density at radius 3 is 2.36 bits per heavy atom. The van der Waals surface area contributed by atoms with Crippen molar-refractivity contribution in [1.82, 2.24) is 10.6 Å². The van der Waals surface area contributed by atoms with Gasteiger partial charge in [0.15, 0.2) is 0 Å². The molecule has 0 spiro atoms. The number of aliphatic hydroxyl groups is 1. The molecule has 0 heterocycles. The van der Waals surface area contributed by atoms with Gasteiger partial charge in [-0.3, -0.25) is 10.1 Å². The first-order chi connectivity index (χ1) is 12.1. The number of benzene rings is 2. The van der Waals surface area contributed by atoms with Gasteiger partial charge < -0.3 is 10.4 Å². The highest BCUT2D eigenvalue weighted by Crippen LogP contribution is 2.18. The number of hydrogen-bond donors (Lipinski definition) is 3. The lowest BCUT2D eigenvalue weighted by atomic mass is 10.1. The predicted molar refractivity (Wildman–Crippen MR) is 102 cm³/mol. The summed E-state index contributed by atoms with van der Waals surface area (Å²) in [7, 11) is 0. The number of hydrogen-bond acceptors (Lipinski definition) is 3. The van der Waals surface area contributed by atoms with Crippen LogP contribution in [0.4, 0.5) is 0 Å². The molecule has 0 aromatic heterocycles. The molecule has 5 heteroatoms. The van der Waals surface area contributed by atoms with Crippen LogP contribution in [0.5, 0.6) is 0 Å². The zero-order valence-corrected chi connectivity index (χ0v) is 15.6. The fourth-order valence-corrected chi connectivity index (χ4v) is 3.35. The number of aliphatic hydroxyl groups excluding tert-OH is 1. The summed E-state index contributed by atoms with van der Waals surface area (Å²) in [6, 6.07) is 15.4. The van der Waals surface area contributed by atoms with Crippen molar-refractivity contribution in [3.63, 3.8) is 0 Å². The van der Waals surface area contributed by atoms with E-state index in [1.807, 2.05) is 48.5 Å². The Balaban J connectivity index is 1.51. The Morgan fingerprint density at radius 2 is 1.72 bits per heavy atom. The second-order valence-electron chi connectivity index (χ2n) is 6.49. The van der Waals surface area contributed by atoms with Gasteiger partial charge in [0.05, 0.1) is 0 Å². The number of halogens is 1. The first-order valence-corrected chi connectivity index (χ1v) is 9.48. The van der Waals surface area contributed by atoms with Gasteiger partial charge in [0, 0.05) is 22.6 Å². The molecule has 2 aromatic carbocycles. The lowest BCUT2D eigenvalue weighted by Gasteiger charge is -2.14. The minimum Gasteiger partial charge on any atom is -0.374 e. The van der Waals surface area contributed by atoms with E-state index >= 15 is 0 Å². The van der Waals surface area contributed by atoms with Crippen LogP contribution < -0.4 is 10.6 Å². The smallest absolute Gasteiger partial charge is 0.251 e. The number of amides is 1. The van der Waals surface area contributed by atoms with E-state index in [4.69, 9.17) is 0 Å². The van der Waals surface area contributed by atoms with Crippen molar-refractivity contribution in [2.75, 3.05) is 0 Å². The molecule has 2 aromatic rings. The lowest BCUT2D eigenvalue weighted by Crippen LogP contribution is -2.32. The molecule has 1 aliphatic rings. The Morgan fingerprint density at radius 1 is 1.08 bits per heavy atom. The number of nitrogens with one attached hydrogen (secondary N) is 2. The molecule has 0 saturated heterocycles. The number of carbonyl (C=O) groups is 1. The Kier molecular flexibility index (Phi) is 6.24. The van der Waals surface area contributed by atoms with E-state index < -0.39 is 6.23 Å². The van der Waals surface area contributed by atoms with Gasteiger partial charge in [-0.1, -0.05) is 53.0 Å². The van der Waals surface area contributed by atoms with Crippen LogP contribution in [0.2, 0.25) is 0 Å². The fourth-order valence-electron chi connectivity index (χ4n) is 3.09. The quantitative estimate of drug-likeness (QED) is 0.642. The third kappa shape index (κ3) is 5.14. The van der Waals surface area contributed by atoms with Gasteiger partial charge in [-0.05, 0) is 48.2 Å². The molecule has 0 aliphatic heterocycles. The van der Waals surface area contributed by atoms with Crippen LogP contribution >= 0.6 is 15.9 Å². The molecule has 1 amide bonds. The highest BCUT2D eigenvalue weighted by atomic mass is 79.9. The zero-order valence-electron chi connectivity index (χ0n) is 14.0. The van der Waals surface area contributed by atoms with Crippen molar-refractivity contribution in [1.29, 1.82) is 0 Å². The summed E-state index contributed by atoms with van der Waals surface area (Å²) >= 11 is 3.38. The maximum atomic E-state index is 12.2. The van der Waals surface area contributed by atoms with Crippen LogP contribution in [0, 0.1) is 0 Å². The molecule has 1 fully saturated rings. The SMILES string of the molecule is O=C(NC1CCCC1)c1ccc(CNC(O)c2ccc(Br)cc2)cc1. The monoisotopic (exact) mass is 402 g/mol. The molecule has 3 N–H and O–H groups in total. The molecule has 1 atom stereocenters. The summed E-state index contributed by atoms with van der Waals surface area (Å²) < 4.78 is 0.981. The summed E-state index contributed by atoms with van der Waals surface area (Å²) in [6.45, 7) is 0.530. The van der Waals surface area contributed by atoms with Crippen molar-refractivity contribution < 1.29 is 9.90 Å². The zero-order chi connectivity index (χ0) is 17.6. The van der Waals surface area contributed by atoms with Gasteiger partial charge in [0.1, 0.15) is 6.23 Å². The second kappa shape index (κ2) is 8.61. The molecule has 4 nitrogen and oxygen atoms in total. The topological polar surface area (TPSA) is 61.4 Å². The molecule has 25 heavy (non-hydrogen) atoms. The highest BCUT2D eigenvalue weighted by Gasteiger charge is 2.17. The van der Waals surface area contributed by atoms with Crippen LogP contribution in [0.25, 0.3) is 0 Å². The summed E-state index contributed by atoms with van der Waals surface area (Å²) in [6.07, 6.45) is 3.86. The van der Waals surface area contributed by atoms with Gasteiger partial charge in [-0.25, -0.2) is 0 Å². The van der Waals surface area contributed by atoms with Crippen LogP contribution in [0.1, 0.15) is 53.4 Å². The first-order valence-electron chi connectivity index (χ1n) is 8.68. The summed E-state index contributed by atoms with van der Waals surface area (Å²) in [5.41, 5.74) is 2.52. The molecule has 132 valence electrons. The van der Waals surface area contributed by atoms with Gasteiger partial charge in [0.25, 0.3) is 5.91 Å².